The van der Waals surface area contributed by atoms with Crippen LogP contribution in [0.15, 0.2) is 17.6 Å². The molecule has 2 saturated heterocycles. The van der Waals surface area contributed by atoms with Gasteiger partial charge in [0.15, 0.2) is 5.96 Å². The summed E-state index contributed by atoms with van der Waals surface area (Å²) in [5.41, 5.74) is 0.398. The van der Waals surface area contributed by atoms with Gasteiger partial charge in [-0.1, -0.05) is 6.08 Å². The molecule has 2 aliphatic heterocycles. The third-order valence-electron chi connectivity index (χ3n) is 3.90. The summed E-state index contributed by atoms with van der Waals surface area (Å²) in [5, 5.41) is 3.46. The van der Waals surface area contributed by atoms with Gasteiger partial charge in [0.2, 0.25) is 0 Å². The molecule has 0 aromatic heterocycles. The molecule has 2 fully saturated rings. The molecule has 0 amide bonds. The van der Waals surface area contributed by atoms with E-state index in [-0.39, 0.29) is 24.0 Å². The van der Waals surface area contributed by atoms with Crippen molar-refractivity contribution < 1.29 is 4.74 Å². The predicted molar refractivity (Wildman–Crippen MR) is 98.4 cm³/mol. The summed E-state index contributed by atoms with van der Waals surface area (Å²) in [6, 6.07) is 0. The van der Waals surface area contributed by atoms with E-state index in [0.717, 1.165) is 50.3 Å². The molecular formula is C14H26IN3OS. The van der Waals surface area contributed by atoms with Crippen molar-refractivity contribution in [3.63, 3.8) is 0 Å². The summed E-state index contributed by atoms with van der Waals surface area (Å²) in [7, 11) is 1.87. The first-order chi connectivity index (χ1) is 9.29. The van der Waals surface area contributed by atoms with E-state index in [4.69, 9.17) is 4.74 Å². The summed E-state index contributed by atoms with van der Waals surface area (Å²) in [6.07, 6.45) is 4.39. The highest BCUT2D eigenvalue weighted by Crippen LogP contribution is 2.38. The van der Waals surface area contributed by atoms with E-state index in [0.29, 0.717) is 5.41 Å². The van der Waals surface area contributed by atoms with Crippen LogP contribution < -0.4 is 5.32 Å². The highest BCUT2D eigenvalue weighted by Gasteiger charge is 2.42. The van der Waals surface area contributed by atoms with Gasteiger partial charge in [-0.05, 0) is 12.8 Å². The molecule has 20 heavy (non-hydrogen) atoms. The Hall–Kier alpha value is 0.0500. The molecule has 1 unspecified atom stereocenters. The van der Waals surface area contributed by atoms with Crippen molar-refractivity contribution in [3.8, 4) is 0 Å². The van der Waals surface area contributed by atoms with Crippen LogP contribution in [0.4, 0.5) is 0 Å². The number of likely N-dealkylation sites (tertiary alicyclic amines) is 1. The maximum absolute atomic E-state index is 5.57. The third kappa shape index (κ3) is 4.80. The van der Waals surface area contributed by atoms with E-state index in [1.165, 1.54) is 12.8 Å². The molecule has 6 heteroatoms. The number of nitrogens with zero attached hydrogens (tertiary/aromatic N) is 2. The zero-order valence-corrected chi connectivity index (χ0v) is 15.4. The Labute approximate surface area is 143 Å². The van der Waals surface area contributed by atoms with Gasteiger partial charge in [-0.3, -0.25) is 4.99 Å². The molecule has 1 N–H and O–H groups in total. The topological polar surface area (TPSA) is 36.9 Å². The summed E-state index contributed by atoms with van der Waals surface area (Å²) >= 11 is 1.89. The second-order valence-corrected chi connectivity index (χ2v) is 6.46. The fourth-order valence-electron chi connectivity index (χ4n) is 2.82. The van der Waals surface area contributed by atoms with Gasteiger partial charge in [0, 0.05) is 50.2 Å². The van der Waals surface area contributed by atoms with Crippen LogP contribution in [0.2, 0.25) is 0 Å². The first kappa shape index (κ1) is 18.1. The van der Waals surface area contributed by atoms with Gasteiger partial charge in [-0.15, -0.1) is 30.6 Å². The highest BCUT2D eigenvalue weighted by molar-refractivity contribution is 14.0. The molecule has 0 aromatic rings. The molecule has 2 rings (SSSR count). The number of halogens is 1. The molecule has 1 spiro atoms. The van der Waals surface area contributed by atoms with Crippen molar-refractivity contribution in [1.29, 1.82) is 0 Å². The number of nitrogens with one attached hydrogen (secondary N) is 1. The lowest BCUT2D eigenvalue weighted by molar-refractivity contribution is 0.156. The van der Waals surface area contributed by atoms with Crippen LogP contribution in [0.5, 0.6) is 0 Å². The highest BCUT2D eigenvalue weighted by atomic mass is 127. The van der Waals surface area contributed by atoms with Crippen molar-refractivity contribution >= 4 is 41.7 Å². The fourth-order valence-corrected chi connectivity index (χ4v) is 3.40. The SMILES string of the molecule is C=CCSCCNC(=NC)N1CCC2(CCOC2)C1.I. The Balaban J connectivity index is 0.00000200. The second-order valence-electron chi connectivity index (χ2n) is 5.31. The van der Waals surface area contributed by atoms with Crippen LogP contribution in [-0.2, 0) is 4.74 Å². The monoisotopic (exact) mass is 411 g/mol. The van der Waals surface area contributed by atoms with Crippen LogP contribution in [-0.4, -0.2) is 62.3 Å². The van der Waals surface area contributed by atoms with Crippen molar-refractivity contribution in [2.75, 3.05) is 51.4 Å². The predicted octanol–water partition coefficient (Wildman–Crippen LogP) is 2.21. The normalized spacial score (nSPS) is 25.9. The minimum atomic E-state index is 0. The molecule has 0 aromatic carbocycles. The molecular weight excluding hydrogens is 385 g/mol. The van der Waals surface area contributed by atoms with E-state index >= 15 is 0 Å². The van der Waals surface area contributed by atoms with Gasteiger partial charge < -0.3 is 15.0 Å². The summed E-state index contributed by atoms with van der Waals surface area (Å²) in [5.74, 6) is 3.15. The Morgan fingerprint density at radius 1 is 1.55 bits per heavy atom. The maximum Gasteiger partial charge on any atom is 0.193 e. The maximum atomic E-state index is 5.57. The number of hydrogen-bond acceptors (Lipinski definition) is 3. The number of thioether (sulfide) groups is 1. The molecule has 4 nitrogen and oxygen atoms in total. The first-order valence-electron chi connectivity index (χ1n) is 7.02. The quantitative estimate of drug-likeness (QED) is 0.248. The van der Waals surface area contributed by atoms with E-state index in [2.05, 4.69) is 21.8 Å². The van der Waals surface area contributed by atoms with E-state index in [1.807, 2.05) is 24.9 Å². The number of aliphatic imine (C=N–C) groups is 1. The van der Waals surface area contributed by atoms with Gasteiger partial charge in [0.25, 0.3) is 0 Å². The lowest BCUT2D eigenvalue weighted by atomic mass is 9.87. The largest absolute Gasteiger partial charge is 0.381 e. The molecule has 0 radical (unpaired) electrons. The molecule has 2 aliphatic rings. The van der Waals surface area contributed by atoms with Crippen LogP contribution in [0.1, 0.15) is 12.8 Å². The first-order valence-corrected chi connectivity index (χ1v) is 8.17. The minimum absolute atomic E-state index is 0. The standard InChI is InChI=1S/C14H25N3OS.HI/c1-3-9-19-10-6-16-13(15-2)17-7-4-14(11-17)5-8-18-12-14;/h3H,1,4-12H2,2H3,(H,15,16);1H. The van der Waals surface area contributed by atoms with Crippen molar-refractivity contribution in [1.82, 2.24) is 10.2 Å². The van der Waals surface area contributed by atoms with Crippen molar-refractivity contribution in [3.05, 3.63) is 12.7 Å². The van der Waals surface area contributed by atoms with Gasteiger partial charge in [-0.2, -0.15) is 11.8 Å². The molecule has 2 heterocycles. The van der Waals surface area contributed by atoms with Crippen LogP contribution in [0, 0.1) is 5.41 Å². The van der Waals surface area contributed by atoms with Crippen LogP contribution in [0.3, 0.4) is 0 Å². The lowest BCUT2D eigenvalue weighted by Gasteiger charge is -2.24. The zero-order chi connectivity index (χ0) is 13.6. The molecule has 0 saturated carbocycles. The Bertz CT molecular complexity index is 332. The third-order valence-corrected chi connectivity index (χ3v) is 4.86. The number of hydrogen-bond donors (Lipinski definition) is 1. The Kier molecular flexibility index (Phi) is 8.28. The van der Waals surface area contributed by atoms with Crippen molar-refractivity contribution in [2.24, 2.45) is 10.4 Å². The summed E-state index contributed by atoms with van der Waals surface area (Å²) in [4.78, 5) is 6.79. The van der Waals surface area contributed by atoms with Crippen LogP contribution >= 0.6 is 35.7 Å². The summed E-state index contributed by atoms with van der Waals surface area (Å²) < 4.78 is 5.57. The second kappa shape index (κ2) is 9.15. The van der Waals surface area contributed by atoms with E-state index in [1.54, 1.807) is 0 Å². The lowest BCUT2D eigenvalue weighted by Crippen LogP contribution is -2.42. The number of guanidine groups is 1. The van der Waals surface area contributed by atoms with Gasteiger partial charge >= 0.3 is 0 Å². The number of ether oxygens (including phenoxy) is 1. The van der Waals surface area contributed by atoms with Gasteiger partial charge in [-0.25, -0.2) is 0 Å². The van der Waals surface area contributed by atoms with Gasteiger partial charge in [0.1, 0.15) is 0 Å². The van der Waals surface area contributed by atoms with E-state index < -0.39 is 0 Å². The molecule has 0 bridgehead atoms. The molecule has 0 aliphatic carbocycles. The Morgan fingerprint density at radius 3 is 3.05 bits per heavy atom. The smallest absolute Gasteiger partial charge is 0.193 e. The average Bonchev–Trinajstić information content (AvgIpc) is 3.05. The average molecular weight is 411 g/mol. The summed E-state index contributed by atoms with van der Waals surface area (Å²) in [6.45, 7) is 8.74. The molecule has 1 atom stereocenters. The fraction of sp³-hybridized carbons (Fsp3) is 0.786. The zero-order valence-electron chi connectivity index (χ0n) is 12.3. The van der Waals surface area contributed by atoms with E-state index in [9.17, 15) is 0 Å². The van der Waals surface area contributed by atoms with Crippen LogP contribution in [0.25, 0.3) is 0 Å². The van der Waals surface area contributed by atoms with Gasteiger partial charge in [0.05, 0.1) is 6.61 Å². The number of rotatable bonds is 5. The minimum Gasteiger partial charge on any atom is -0.381 e. The molecule has 116 valence electrons. The van der Waals surface area contributed by atoms with Crippen molar-refractivity contribution in [2.45, 2.75) is 12.8 Å². The Morgan fingerprint density at radius 2 is 2.40 bits per heavy atom.